The van der Waals surface area contributed by atoms with Gasteiger partial charge in [-0.2, -0.15) is 0 Å². The Morgan fingerprint density at radius 3 is 2.68 bits per heavy atom. The van der Waals surface area contributed by atoms with Crippen LogP contribution in [0.25, 0.3) is 10.9 Å². The molecular formula is C22H21ClN4O4. The predicted octanol–water partition coefficient (Wildman–Crippen LogP) is 3.59. The maximum absolute atomic E-state index is 13.1. The van der Waals surface area contributed by atoms with Crippen LogP contribution in [0.1, 0.15) is 29.5 Å². The second-order valence-electron chi connectivity index (χ2n) is 7.21. The molecule has 9 heteroatoms. The quantitative estimate of drug-likeness (QED) is 0.632. The molecule has 0 spiro atoms. The van der Waals surface area contributed by atoms with Crippen molar-refractivity contribution >= 4 is 40.2 Å². The number of amides is 2. The van der Waals surface area contributed by atoms with Gasteiger partial charge in [0.25, 0.3) is 11.5 Å². The van der Waals surface area contributed by atoms with Crippen molar-refractivity contribution in [3.63, 3.8) is 0 Å². The average Bonchev–Trinajstić information content (AvgIpc) is 3.18. The van der Waals surface area contributed by atoms with Gasteiger partial charge < -0.3 is 14.6 Å². The van der Waals surface area contributed by atoms with Crippen molar-refractivity contribution < 1.29 is 14.3 Å². The molecule has 8 nitrogen and oxygen atoms in total. The molecule has 160 valence electrons. The lowest BCUT2D eigenvalue weighted by molar-refractivity contribution is 0.0739. The van der Waals surface area contributed by atoms with Crippen LogP contribution in [0.5, 0.6) is 0 Å². The van der Waals surface area contributed by atoms with E-state index < -0.39 is 6.09 Å². The molecule has 1 fully saturated rings. The molecule has 1 aliphatic heterocycles. The summed E-state index contributed by atoms with van der Waals surface area (Å²) in [7, 11) is 0. The fraction of sp³-hybridized carbons (Fsp3) is 0.273. The highest BCUT2D eigenvalue weighted by Crippen LogP contribution is 2.20. The van der Waals surface area contributed by atoms with Crippen molar-refractivity contribution in [2.75, 3.05) is 24.6 Å². The van der Waals surface area contributed by atoms with Gasteiger partial charge in [-0.05, 0) is 48.9 Å². The number of anilines is 1. The van der Waals surface area contributed by atoms with Gasteiger partial charge in [0.05, 0.1) is 24.0 Å². The van der Waals surface area contributed by atoms with Gasteiger partial charge in [-0.15, -0.1) is 0 Å². The monoisotopic (exact) mass is 440 g/mol. The van der Waals surface area contributed by atoms with E-state index in [1.165, 1.54) is 4.90 Å². The first kappa shape index (κ1) is 20.9. The van der Waals surface area contributed by atoms with Crippen LogP contribution in [0, 0.1) is 0 Å². The van der Waals surface area contributed by atoms with Crippen molar-refractivity contribution in [3.8, 4) is 0 Å². The molecule has 2 amide bonds. The number of hydrogen-bond acceptors (Lipinski definition) is 5. The fourth-order valence-electron chi connectivity index (χ4n) is 3.53. The number of fused-ring (bicyclic) bond motifs is 1. The molecule has 31 heavy (non-hydrogen) atoms. The number of halogens is 1. The third-order valence-corrected chi connectivity index (χ3v) is 5.26. The molecule has 1 aliphatic rings. The van der Waals surface area contributed by atoms with Gasteiger partial charge in [-0.3, -0.25) is 14.5 Å². The molecule has 1 N–H and O–H groups in total. The molecule has 1 saturated heterocycles. The average molecular weight is 441 g/mol. The summed E-state index contributed by atoms with van der Waals surface area (Å²) in [4.78, 5) is 47.6. The largest absolute Gasteiger partial charge is 0.447 e. The second kappa shape index (κ2) is 8.77. The zero-order valence-corrected chi connectivity index (χ0v) is 17.7. The Morgan fingerprint density at radius 1 is 1.23 bits per heavy atom. The Morgan fingerprint density at radius 2 is 2.00 bits per heavy atom. The number of aromatic amines is 1. The molecule has 4 rings (SSSR count). The van der Waals surface area contributed by atoms with E-state index in [0.717, 1.165) is 6.42 Å². The highest BCUT2D eigenvalue weighted by atomic mass is 35.5. The van der Waals surface area contributed by atoms with Gasteiger partial charge in [-0.1, -0.05) is 18.5 Å². The van der Waals surface area contributed by atoms with Crippen molar-refractivity contribution in [2.45, 2.75) is 19.9 Å². The number of nitrogens with zero attached hydrogens (tertiary/aromatic N) is 3. The van der Waals surface area contributed by atoms with Gasteiger partial charge in [0, 0.05) is 22.8 Å². The van der Waals surface area contributed by atoms with E-state index in [4.69, 9.17) is 16.3 Å². The van der Waals surface area contributed by atoms with Gasteiger partial charge >= 0.3 is 6.09 Å². The Balaban J connectivity index is 1.57. The highest BCUT2D eigenvalue weighted by molar-refractivity contribution is 6.31. The molecular weight excluding hydrogens is 420 g/mol. The molecule has 0 unspecified atom stereocenters. The summed E-state index contributed by atoms with van der Waals surface area (Å²) in [5.41, 5.74) is 1.37. The molecule has 0 bridgehead atoms. The van der Waals surface area contributed by atoms with E-state index >= 15 is 0 Å². The third-order valence-electron chi connectivity index (χ3n) is 5.03. The summed E-state index contributed by atoms with van der Waals surface area (Å²) in [6.45, 7) is 3.46. The van der Waals surface area contributed by atoms with E-state index in [9.17, 15) is 14.4 Å². The SMILES string of the molecule is CCCN(Cc1nc2cc(Cl)ccc2c(=O)[nH]1)C(=O)c1ccc(N2CCOC2=O)cc1. The van der Waals surface area contributed by atoms with Crippen molar-refractivity contribution in [1.29, 1.82) is 0 Å². The van der Waals surface area contributed by atoms with E-state index in [1.54, 1.807) is 47.4 Å². The Hall–Kier alpha value is -3.39. The Bertz CT molecular complexity index is 1190. The standard InChI is InChI=1S/C22H21ClN4O4/c1-2-9-26(13-19-24-18-12-15(23)5-8-17(18)20(28)25-19)21(29)14-3-6-16(7-4-14)27-10-11-31-22(27)30/h3-8,12H,2,9-11,13H2,1H3,(H,24,25,28). The van der Waals surface area contributed by atoms with Crippen molar-refractivity contribution in [1.82, 2.24) is 14.9 Å². The molecule has 2 aromatic carbocycles. The van der Waals surface area contributed by atoms with Crippen molar-refractivity contribution in [3.05, 3.63) is 69.2 Å². The molecule has 0 saturated carbocycles. The van der Waals surface area contributed by atoms with E-state index in [0.29, 0.717) is 52.7 Å². The third kappa shape index (κ3) is 4.39. The first-order valence-corrected chi connectivity index (χ1v) is 10.4. The Labute approximate surface area is 183 Å². The normalized spacial score (nSPS) is 13.5. The van der Waals surface area contributed by atoms with Crippen LogP contribution in [-0.2, 0) is 11.3 Å². The number of carbonyl (C=O) groups excluding carboxylic acids is 2. The number of aromatic nitrogens is 2. The van der Waals surface area contributed by atoms with Crippen LogP contribution < -0.4 is 10.5 Å². The summed E-state index contributed by atoms with van der Waals surface area (Å²) in [6.07, 6.45) is 0.353. The van der Waals surface area contributed by atoms with E-state index in [1.807, 2.05) is 6.92 Å². The topological polar surface area (TPSA) is 95.6 Å². The van der Waals surface area contributed by atoms with Gasteiger partial charge in [0.1, 0.15) is 12.4 Å². The minimum absolute atomic E-state index is 0.157. The smallest absolute Gasteiger partial charge is 0.414 e. The highest BCUT2D eigenvalue weighted by Gasteiger charge is 2.24. The van der Waals surface area contributed by atoms with E-state index in [-0.39, 0.29) is 18.0 Å². The zero-order chi connectivity index (χ0) is 22.0. The number of nitrogens with one attached hydrogen (secondary N) is 1. The van der Waals surface area contributed by atoms with Gasteiger partial charge in [-0.25, -0.2) is 9.78 Å². The Kier molecular flexibility index (Phi) is 5.90. The maximum atomic E-state index is 13.1. The predicted molar refractivity (Wildman–Crippen MR) is 118 cm³/mol. The number of ether oxygens (including phenoxy) is 1. The number of H-pyrrole nitrogens is 1. The summed E-state index contributed by atoms with van der Waals surface area (Å²) in [5.74, 6) is 0.198. The zero-order valence-electron chi connectivity index (χ0n) is 16.9. The number of carbonyl (C=O) groups is 2. The first-order valence-electron chi connectivity index (χ1n) is 9.98. The summed E-state index contributed by atoms with van der Waals surface area (Å²) >= 11 is 6.03. The van der Waals surface area contributed by atoms with E-state index in [2.05, 4.69) is 9.97 Å². The van der Waals surface area contributed by atoms with Gasteiger partial charge in [0.15, 0.2) is 0 Å². The molecule has 0 atom stereocenters. The molecule has 2 heterocycles. The second-order valence-corrected chi connectivity index (χ2v) is 7.65. The molecule has 0 radical (unpaired) electrons. The lowest BCUT2D eigenvalue weighted by Crippen LogP contribution is -2.33. The van der Waals surface area contributed by atoms with Crippen LogP contribution in [-0.4, -0.2) is 46.6 Å². The lowest BCUT2D eigenvalue weighted by atomic mass is 10.1. The maximum Gasteiger partial charge on any atom is 0.414 e. The molecule has 3 aromatic rings. The van der Waals surface area contributed by atoms with Crippen molar-refractivity contribution in [2.24, 2.45) is 0 Å². The van der Waals surface area contributed by atoms with Crippen LogP contribution in [0.15, 0.2) is 47.3 Å². The fourth-order valence-corrected chi connectivity index (χ4v) is 3.70. The van der Waals surface area contributed by atoms with Crippen LogP contribution in [0.4, 0.5) is 10.5 Å². The number of hydrogen-bond donors (Lipinski definition) is 1. The summed E-state index contributed by atoms with van der Waals surface area (Å²) in [6, 6.07) is 11.7. The molecule has 1 aromatic heterocycles. The number of rotatable bonds is 6. The van der Waals surface area contributed by atoms with Gasteiger partial charge in [0.2, 0.25) is 0 Å². The minimum atomic E-state index is -0.391. The minimum Gasteiger partial charge on any atom is -0.447 e. The molecule has 0 aliphatic carbocycles. The number of cyclic esters (lactones) is 1. The van der Waals surface area contributed by atoms with Crippen LogP contribution >= 0.6 is 11.6 Å². The summed E-state index contributed by atoms with van der Waals surface area (Å²) in [5, 5.41) is 0.928. The van der Waals surface area contributed by atoms with Crippen LogP contribution in [0.2, 0.25) is 5.02 Å². The number of benzene rings is 2. The first-order chi connectivity index (χ1) is 15.0. The lowest BCUT2D eigenvalue weighted by Gasteiger charge is -2.22. The van der Waals surface area contributed by atoms with Crippen LogP contribution in [0.3, 0.4) is 0 Å². The summed E-state index contributed by atoms with van der Waals surface area (Å²) < 4.78 is 4.95.